The largest absolute Gasteiger partial charge is 0.462 e. The van der Waals surface area contributed by atoms with Crippen LogP contribution in [0.4, 0.5) is 0 Å². The minimum Gasteiger partial charge on any atom is -0.462 e. The van der Waals surface area contributed by atoms with Crippen molar-refractivity contribution in [3.05, 3.63) is 11.3 Å². The number of hydrogen-bond donors (Lipinski definition) is 1. The van der Waals surface area contributed by atoms with Gasteiger partial charge in [-0.1, -0.05) is 0 Å². The molecule has 0 amide bonds. The Labute approximate surface area is 72.1 Å². The zero-order chi connectivity index (χ0) is 9.56. The second-order valence-electron chi connectivity index (χ2n) is 2.20. The molecule has 0 heterocycles. The molecule has 0 unspecified atom stereocenters. The Balaban J connectivity index is 4.54. The number of nitrogens with two attached hydrogens (primary N) is 1. The number of aliphatic imine (C=N–C) groups is 1. The van der Waals surface area contributed by atoms with E-state index in [9.17, 15) is 4.79 Å². The number of carbonyl (C=O) groups excluding carboxylic acids is 1. The molecule has 12 heavy (non-hydrogen) atoms. The Morgan fingerprint density at radius 3 is 2.58 bits per heavy atom. The highest BCUT2D eigenvalue weighted by Crippen LogP contribution is 1.98. The third-order valence-corrected chi connectivity index (χ3v) is 1.18. The number of esters is 1. The Kier molecular flexibility index (Phi) is 4.76. The first-order valence-corrected chi connectivity index (χ1v) is 3.69. The van der Waals surface area contributed by atoms with E-state index in [1.165, 1.54) is 6.21 Å². The summed E-state index contributed by atoms with van der Waals surface area (Å²) in [5, 5.41) is 0. The molecular formula is C8H14N2O2. The van der Waals surface area contributed by atoms with E-state index >= 15 is 0 Å². The first-order valence-electron chi connectivity index (χ1n) is 3.69. The lowest BCUT2D eigenvalue weighted by atomic mass is 10.2. The number of carbonyl (C=O) groups is 1. The zero-order valence-electron chi connectivity index (χ0n) is 7.63. The lowest BCUT2D eigenvalue weighted by molar-refractivity contribution is -0.137. The van der Waals surface area contributed by atoms with Crippen LogP contribution < -0.4 is 5.73 Å². The number of hydrogen-bond acceptors (Lipinski definition) is 4. The number of nitrogens with zero attached hydrogens (tertiary/aromatic N) is 1. The Bertz CT molecular complexity index is 215. The summed E-state index contributed by atoms with van der Waals surface area (Å²) in [7, 11) is 1.57. The van der Waals surface area contributed by atoms with Crippen LogP contribution in [-0.4, -0.2) is 25.8 Å². The van der Waals surface area contributed by atoms with Gasteiger partial charge in [-0.15, -0.1) is 0 Å². The molecule has 0 atom stereocenters. The summed E-state index contributed by atoms with van der Waals surface area (Å²) in [5.74, 6) is -0.428. The third kappa shape index (κ3) is 3.18. The van der Waals surface area contributed by atoms with Gasteiger partial charge < -0.3 is 10.5 Å². The summed E-state index contributed by atoms with van der Waals surface area (Å²) in [6.45, 7) is 3.71. The molecule has 0 saturated carbocycles. The van der Waals surface area contributed by atoms with Crippen molar-refractivity contribution in [1.82, 2.24) is 0 Å². The lowest BCUT2D eigenvalue weighted by Gasteiger charge is -2.02. The van der Waals surface area contributed by atoms with Gasteiger partial charge in [-0.2, -0.15) is 0 Å². The molecule has 0 bridgehead atoms. The van der Waals surface area contributed by atoms with Crippen molar-refractivity contribution >= 4 is 12.2 Å². The van der Waals surface area contributed by atoms with Crippen molar-refractivity contribution in [3.8, 4) is 0 Å². The molecule has 0 aromatic heterocycles. The fraction of sp³-hybridized carbons (Fsp3) is 0.500. The highest BCUT2D eigenvalue weighted by Gasteiger charge is 2.09. The molecule has 0 saturated heterocycles. The summed E-state index contributed by atoms with van der Waals surface area (Å²) < 4.78 is 4.75. The molecule has 4 heteroatoms. The van der Waals surface area contributed by atoms with Crippen LogP contribution in [0.2, 0.25) is 0 Å². The molecule has 0 aliphatic carbocycles. The van der Waals surface area contributed by atoms with E-state index in [4.69, 9.17) is 10.5 Å². The summed E-state index contributed by atoms with van der Waals surface area (Å²) >= 11 is 0. The Morgan fingerprint density at radius 2 is 2.25 bits per heavy atom. The maximum atomic E-state index is 11.1. The predicted molar refractivity (Wildman–Crippen MR) is 47.9 cm³/mol. The van der Waals surface area contributed by atoms with Crippen molar-refractivity contribution in [2.75, 3.05) is 13.7 Å². The van der Waals surface area contributed by atoms with Gasteiger partial charge in [-0.05, 0) is 13.8 Å². The van der Waals surface area contributed by atoms with Crippen LogP contribution in [0.5, 0.6) is 0 Å². The molecule has 0 rings (SSSR count). The van der Waals surface area contributed by atoms with Gasteiger partial charge in [-0.3, -0.25) is 4.99 Å². The lowest BCUT2D eigenvalue weighted by Crippen LogP contribution is -2.13. The second-order valence-corrected chi connectivity index (χ2v) is 2.20. The fourth-order valence-electron chi connectivity index (χ4n) is 0.653. The van der Waals surface area contributed by atoms with E-state index in [-0.39, 0.29) is 0 Å². The average molecular weight is 170 g/mol. The van der Waals surface area contributed by atoms with Gasteiger partial charge in [0.05, 0.1) is 12.2 Å². The predicted octanol–water partition coefficient (Wildman–Crippen LogP) is 0.483. The van der Waals surface area contributed by atoms with E-state index < -0.39 is 5.97 Å². The van der Waals surface area contributed by atoms with Gasteiger partial charge in [0.25, 0.3) is 0 Å². The van der Waals surface area contributed by atoms with Gasteiger partial charge in [0.2, 0.25) is 0 Å². The van der Waals surface area contributed by atoms with Crippen LogP contribution in [0.15, 0.2) is 16.3 Å². The molecule has 0 radical (unpaired) electrons. The molecule has 0 fully saturated rings. The molecule has 4 nitrogen and oxygen atoms in total. The quantitative estimate of drug-likeness (QED) is 0.380. The van der Waals surface area contributed by atoms with Crippen LogP contribution in [0.1, 0.15) is 13.8 Å². The zero-order valence-corrected chi connectivity index (χ0v) is 7.63. The molecule has 0 aromatic rings. The van der Waals surface area contributed by atoms with Crippen molar-refractivity contribution in [2.45, 2.75) is 13.8 Å². The van der Waals surface area contributed by atoms with E-state index in [0.717, 1.165) is 0 Å². The molecule has 68 valence electrons. The highest BCUT2D eigenvalue weighted by molar-refractivity contribution is 6.09. The normalized spacial score (nSPS) is 12.9. The van der Waals surface area contributed by atoms with Crippen molar-refractivity contribution in [3.63, 3.8) is 0 Å². The smallest absolute Gasteiger partial charge is 0.341 e. The van der Waals surface area contributed by atoms with E-state index in [1.807, 2.05) is 0 Å². The van der Waals surface area contributed by atoms with Gasteiger partial charge in [0.15, 0.2) is 0 Å². The van der Waals surface area contributed by atoms with E-state index in [2.05, 4.69) is 4.99 Å². The maximum Gasteiger partial charge on any atom is 0.341 e. The second kappa shape index (κ2) is 5.35. The fourth-order valence-corrected chi connectivity index (χ4v) is 0.653. The maximum absolute atomic E-state index is 11.1. The van der Waals surface area contributed by atoms with E-state index in [1.54, 1.807) is 20.9 Å². The molecule has 0 aliphatic rings. The minimum absolute atomic E-state index is 0.319. The van der Waals surface area contributed by atoms with Gasteiger partial charge in [0, 0.05) is 19.0 Å². The van der Waals surface area contributed by atoms with Gasteiger partial charge in [-0.25, -0.2) is 4.79 Å². The summed E-state index contributed by atoms with van der Waals surface area (Å²) in [6, 6.07) is 0. The average Bonchev–Trinajstić information content (AvgIpc) is 1.99. The van der Waals surface area contributed by atoms with E-state index in [0.29, 0.717) is 17.9 Å². The van der Waals surface area contributed by atoms with Crippen LogP contribution in [0.3, 0.4) is 0 Å². The molecule has 0 spiro atoms. The molecule has 2 N–H and O–H groups in total. The van der Waals surface area contributed by atoms with Crippen molar-refractivity contribution in [2.24, 2.45) is 10.7 Å². The topological polar surface area (TPSA) is 64.7 Å². The standard InChI is InChI=1S/C8H14N2O2/c1-4-12-8(11)7(5-10-3)6(2)9/h5H,4,9H2,1-3H3/b7-6+,10-5?. The number of allylic oxidation sites excluding steroid dienone is 1. The molecule has 0 aliphatic heterocycles. The van der Waals surface area contributed by atoms with Crippen molar-refractivity contribution < 1.29 is 9.53 Å². The summed E-state index contributed by atoms with van der Waals surface area (Å²) in [5.41, 5.74) is 6.18. The molecule has 0 aromatic carbocycles. The summed E-state index contributed by atoms with van der Waals surface area (Å²) in [6.07, 6.45) is 1.40. The Hall–Kier alpha value is -1.32. The Morgan fingerprint density at radius 1 is 1.67 bits per heavy atom. The third-order valence-electron chi connectivity index (χ3n) is 1.18. The summed E-state index contributed by atoms with van der Waals surface area (Å²) in [4.78, 5) is 14.8. The highest BCUT2D eigenvalue weighted by atomic mass is 16.5. The van der Waals surface area contributed by atoms with Crippen LogP contribution in [0, 0.1) is 0 Å². The number of ether oxygens (including phenoxy) is 1. The van der Waals surface area contributed by atoms with Crippen molar-refractivity contribution in [1.29, 1.82) is 0 Å². The van der Waals surface area contributed by atoms with Gasteiger partial charge in [0.1, 0.15) is 0 Å². The molecular weight excluding hydrogens is 156 g/mol. The monoisotopic (exact) mass is 170 g/mol. The van der Waals surface area contributed by atoms with Gasteiger partial charge >= 0.3 is 5.97 Å². The SMILES string of the molecule is CCOC(=O)/C(C=NC)=C(\C)N. The van der Waals surface area contributed by atoms with Crippen LogP contribution in [0.25, 0.3) is 0 Å². The first kappa shape index (κ1) is 10.7. The van der Waals surface area contributed by atoms with Crippen LogP contribution in [-0.2, 0) is 9.53 Å². The first-order chi connectivity index (χ1) is 5.63. The van der Waals surface area contributed by atoms with Crippen LogP contribution >= 0.6 is 0 Å². The number of rotatable bonds is 3. The minimum atomic E-state index is -0.428.